The highest BCUT2D eigenvalue weighted by molar-refractivity contribution is 7.81. The maximum atomic E-state index is 12.6. The van der Waals surface area contributed by atoms with Crippen molar-refractivity contribution in [2.75, 3.05) is 26.3 Å². The summed E-state index contributed by atoms with van der Waals surface area (Å²) in [7, 11) is -22.4. The summed E-state index contributed by atoms with van der Waals surface area (Å²) in [6.07, 6.45) is -12.8. The maximum Gasteiger partial charge on any atom is 0.397 e. The molecule has 0 radical (unpaired) electrons. The minimum absolute atomic E-state index is 0.0821. The van der Waals surface area contributed by atoms with Crippen LogP contribution in [0.2, 0.25) is 0 Å². The van der Waals surface area contributed by atoms with Gasteiger partial charge < -0.3 is 14.8 Å². The number of carbonyl (C=O) groups is 3. The van der Waals surface area contributed by atoms with E-state index in [1.165, 1.54) is 24.3 Å². The van der Waals surface area contributed by atoms with Crippen LogP contribution in [0.4, 0.5) is 0 Å². The molecule has 3 amide bonds. The predicted octanol–water partition coefficient (Wildman–Crippen LogP) is -3.08. The second-order valence-electron chi connectivity index (χ2n) is 8.72. The number of nitrogens with one attached hydrogen (secondary N) is 1. The van der Waals surface area contributed by atoms with E-state index in [9.17, 15) is 57.2 Å². The highest BCUT2D eigenvalue weighted by Crippen LogP contribution is 2.32. The van der Waals surface area contributed by atoms with Gasteiger partial charge in [-0.05, 0) is 12.1 Å². The van der Waals surface area contributed by atoms with E-state index < -0.39 is 116 Å². The van der Waals surface area contributed by atoms with Crippen molar-refractivity contribution >= 4 is 59.3 Å². The van der Waals surface area contributed by atoms with Crippen LogP contribution in [0, 0.1) is 0 Å². The van der Waals surface area contributed by atoms with Crippen molar-refractivity contribution in [2.24, 2.45) is 0 Å². The third kappa shape index (κ3) is 13.9. The van der Waals surface area contributed by atoms with Crippen LogP contribution in [-0.4, -0.2) is 132 Å². The maximum absolute atomic E-state index is 12.6. The minimum atomic E-state index is -5.72. The zero-order valence-corrected chi connectivity index (χ0v) is 26.2. The number of ether oxygens (including phenoxy) is 2. The first-order valence-corrected chi connectivity index (χ1v) is 17.4. The van der Waals surface area contributed by atoms with Crippen LogP contribution in [0.25, 0.3) is 0 Å². The summed E-state index contributed by atoms with van der Waals surface area (Å²) in [5.41, 5.74) is 0.0821. The van der Waals surface area contributed by atoms with Gasteiger partial charge in [0.25, 0.3) is 5.91 Å². The molecule has 5 atom stereocenters. The first-order valence-electron chi connectivity index (χ1n) is 12.0. The fraction of sp³-hybridized carbons (Fsp3) is 0.526. The number of hydrogen-bond acceptors (Lipinski definition) is 17. The van der Waals surface area contributed by atoms with Crippen LogP contribution in [0.1, 0.15) is 17.3 Å². The molecule has 1 aromatic rings. The molecule has 46 heavy (non-hydrogen) atoms. The van der Waals surface area contributed by atoms with Crippen LogP contribution < -0.4 is 5.32 Å². The van der Waals surface area contributed by atoms with Gasteiger partial charge in [0.2, 0.25) is 11.8 Å². The van der Waals surface area contributed by atoms with Crippen molar-refractivity contribution < 1.29 is 92.5 Å². The van der Waals surface area contributed by atoms with Gasteiger partial charge in [0, 0.05) is 19.0 Å². The normalized spacial score (nSPS) is 22.6. The van der Waals surface area contributed by atoms with Crippen molar-refractivity contribution in [1.29, 1.82) is 0 Å². The summed E-state index contributed by atoms with van der Waals surface area (Å²) in [5.74, 6) is -2.55. The van der Waals surface area contributed by atoms with Crippen LogP contribution in [0.5, 0.6) is 0 Å². The quantitative estimate of drug-likeness (QED) is 0.0826. The third-order valence-corrected chi connectivity index (χ3v) is 7.15. The van der Waals surface area contributed by atoms with Crippen LogP contribution in [0.15, 0.2) is 30.3 Å². The van der Waals surface area contributed by atoms with E-state index >= 15 is 0 Å². The lowest BCUT2D eigenvalue weighted by molar-refractivity contribution is -0.285. The lowest BCUT2D eigenvalue weighted by atomic mass is 9.99. The Bertz CT molecular complexity index is 1680. The Morgan fingerprint density at radius 2 is 1.33 bits per heavy atom. The molecule has 262 valence electrons. The van der Waals surface area contributed by atoms with Crippen molar-refractivity contribution in [3.8, 4) is 0 Å². The Hall–Kier alpha value is -2.77. The molecule has 0 aromatic heterocycles. The van der Waals surface area contributed by atoms with Crippen LogP contribution in [0.3, 0.4) is 0 Å². The molecule has 2 rings (SSSR count). The number of hydrogen-bond donors (Lipinski definition) is 5. The number of imide groups is 1. The van der Waals surface area contributed by atoms with E-state index in [0.717, 1.165) is 6.92 Å². The van der Waals surface area contributed by atoms with Gasteiger partial charge in [-0.3, -0.25) is 37.5 Å². The molecule has 1 aliphatic heterocycles. The summed E-state index contributed by atoms with van der Waals surface area (Å²) in [5, 5.41) is 2.21. The van der Waals surface area contributed by atoms with Crippen molar-refractivity contribution in [2.45, 2.75) is 37.6 Å². The molecule has 0 spiro atoms. The molecular weight excluding hydrogens is 720 g/mol. The molecule has 1 aliphatic rings. The molecule has 1 heterocycles. The Labute approximate surface area is 261 Å². The number of benzene rings is 1. The van der Waals surface area contributed by atoms with Crippen LogP contribution in [-0.2, 0) is 77.4 Å². The second kappa shape index (κ2) is 15.9. The molecule has 1 fully saturated rings. The first-order chi connectivity index (χ1) is 21.0. The van der Waals surface area contributed by atoms with E-state index in [1.54, 1.807) is 6.07 Å². The summed E-state index contributed by atoms with van der Waals surface area (Å²) in [6.45, 7) is -2.56. The Balaban J connectivity index is 2.28. The Morgan fingerprint density at radius 1 is 0.804 bits per heavy atom. The minimum Gasteiger partial charge on any atom is -0.352 e. The number of carbonyl (C=O) groups excluding carboxylic acids is 3. The SMILES string of the molecule is CC(=O)N(CC(=O)NCCO[C@H]1O[C@H](COS(=O)(=O)O)[C@@H](OS(=O)(=O)O)[C@H](OS(=O)(=O)O)[C@@H]1OS(=O)(=O)O)C(=O)c1ccccc1. The van der Waals surface area contributed by atoms with Crippen molar-refractivity contribution in [3.05, 3.63) is 35.9 Å². The van der Waals surface area contributed by atoms with E-state index in [-0.39, 0.29) is 5.56 Å². The number of nitrogens with zero attached hydrogens (tertiary/aromatic N) is 1. The fourth-order valence-corrected chi connectivity index (χ4v) is 5.48. The second-order valence-corrected chi connectivity index (χ2v) is 13.0. The lowest BCUT2D eigenvalue weighted by Crippen LogP contribution is -2.63. The Morgan fingerprint density at radius 3 is 1.83 bits per heavy atom. The zero-order chi connectivity index (χ0) is 35.1. The van der Waals surface area contributed by atoms with Crippen molar-refractivity contribution in [1.82, 2.24) is 10.2 Å². The number of rotatable bonds is 16. The smallest absolute Gasteiger partial charge is 0.352 e. The van der Waals surface area contributed by atoms with E-state index in [4.69, 9.17) is 18.6 Å². The molecule has 23 nitrogen and oxygen atoms in total. The summed E-state index contributed by atoms with van der Waals surface area (Å²) >= 11 is 0. The average molecular weight is 747 g/mol. The highest BCUT2D eigenvalue weighted by Gasteiger charge is 2.54. The molecule has 0 unspecified atom stereocenters. The molecular formula is C19H26N2O21S4. The largest absolute Gasteiger partial charge is 0.397 e. The predicted molar refractivity (Wildman–Crippen MR) is 143 cm³/mol. The average Bonchev–Trinajstić information content (AvgIpc) is 2.89. The monoisotopic (exact) mass is 746 g/mol. The highest BCUT2D eigenvalue weighted by atomic mass is 32.3. The third-order valence-electron chi connectivity index (χ3n) is 5.32. The van der Waals surface area contributed by atoms with E-state index in [0.29, 0.717) is 4.90 Å². The van der Waals surface area contributed by atoms with Gasteiger partial charge in [-0.2, -0.15) is 33.7 Å². The fourth-order valence-electron chi connectivity index (χ4n) is 3.68. The standard InChI is InChI=1S/C19H26N2O21S4/c1-11(22)21(18(24)12-5-3-2-4-6-12)9-14(23)20-7-8-37-19-17(42-46(34,35)36)16(41-45(31,32)33)15(40-44(28,29)30)13(39-19)10-38-43(25,26)27/h2-6,13,15-17,19H,7-10H2,1H3,(H,20,23)(H,25,26,27)(H,28,29,30)(H,31,32,33)(H,34,35,36)/t13-,15-,16+,17+,19+/m1/s1. The summed E-state index contributed by atoms with van der Waals surface area (Å²) < 4.78 is 154. The molecule has 1 saturated heterocycles. The van der Waals surface area contributed by atoms with Gasteiger partial charge in [-0.25, -0.2) is 16.7 Å². The molecule has 0 saturated carbocycles. The van der Waals surface area contributed by atoms with Crippen LogP contribution >= 0.6 is 0 Å². The molecule has 0 bridgehead atoms. The van der Waals surface area contributed by atoms with Gasteiger partial charge in [0.1, 0.15) is 24.9 Å². The van der Waals surface area contributed by atoms with Gasteiger partial charge in [-0.15, -0.1) is 0 Å². The molecule has 5 N–H and O–H groups in total. The molecule has 27 heteroatoms. The zero-order valence-electron chi connectivity index (χ0n) is 22.9. The van der Waals surface area contributed by atoms with Gasteiger partial charge >= 0.3 is 41.6 Å². The lowest BCUT2D eigenvalue weighted by Gasteiger charge is -2.43. The van der Waals surface area contributed by atoms with E-state index in [1.807, 2.05) is 0 Å². The molecule has 1 aromatic carbocycles. The van der Waals surface area contributed by atoms with E-state index in [2.05, 4.69) is 22.0 Å². The van der Waals surface area contributed by atoms with Gasteiger partial charge in [-0.1, -0.05) is 18.2 Å². The van der Waals surface area contributed by atoms with Gasteiger partial charge in [0.15, 0.2) is 12.4 Å². The topological polar surface area (TPSA) is 339 Å². The number of amides is 3. The van der Waals surface area contributed by atoms with Gasteiger partial charge in [0.05, 0.1) is 13.2 Å². The summed E-state index contributed by atoms with van der Waals surface area (Å²) in [4.78, 5) is 37.6. The Kier molecular flexibility index (Phi) is 13.6. The van der Waals surface area contributed by atoms with Crippen molar-refractivity contribution in [3.63, 3.8) is 0 Å². The summed E-state index contributed by atoms with van der Waals surface area (Å²) in [6, 6.07) is 7.40. The molecule has 0 aliphatic carbocycles. The first kappa shape index (κ1) is 39.4.